The maximum absolute atomic E-state index is 11.2. The van der Waals surface area contributed by atoms with Gasteiger partial charge in [-0.25, -0.2) is 0 Å². The largest absolute Gasteiger partial charge is 0.343 e. The van der Waals surface area contributed by atoms with Crippen molar-refractivity contribution in [1.82, 2.24) is 20.3 Å². The summed E-state index contributed by atoms with van der Waals surface area (Å²) >= 11 is 0. The number of nitrogens with one attached hydrogen (secondary N) is 1. The Hall–Kier alpha value is -1.83. The fraction of sp³-hybridized carbons (Fsp3) is 0.444. The predicted molar refractivity (Wildman–Crippen MR) is 51.1 cm³/mol. The van der Waals surface area contributed by atoms with Crippen molar-refractivity contribution in [3.8, 4) is 12.3 Å². The summed E-state index contributed by atoms with van der Waals surface area (Å²) in [7, 11) is 0. The van der Waals surface area contributed by atoms with Crippen molar-refractivity contribution in [1.29, 1.82) is 0 Å². The fourth-order valence-electron chi connectivity index (χ4n) is 0.923. The van der Waals surface area contributed by atoms with Crippen molar-refractivity contribution in [3.05, 3.63) is 12.4 Å². The van der Waals surface area contributed by atoms with Crippen LogP contribution < -0.4 is 5.32 Å². The number of hydrogen-bond acceptors (Lipinski definition) is 3. The number of amides is 1. The third-order valence-corrected chi connectivity index (χ3v) is 1.67. The Balaban J connectivity index is 2.26. The molecule has 0 spiro atoms. The molecule has 0 saturated carbocycles. The van der Waals surface area contributed by atoms with E-state index in [0.717, 1.165) is 0 Å². The molecule has 1 heterocycles. The highest BCUT2D eigenvalue weighted by Crippen LogP contribution is 1.88. The molecule has 5 nitrogen and oxygen atoms in total. The van der Waals surface area contributed by atoms with Gasteiger partial charge in [0, 0.05) is 12.6 Å². The third kappa shape index (κ3) is 3.27. The van der Waals surface area contributed by atoms with Crippen molar-refractivity contribution in [2.75, 3.05) is 0 Å². The first-order chi connectivity index (χ1) is 6.72. The van der Waals surface area contributed by atoms with Crippen LogP contribution in [0, 0.1) is 12.3 Å². The lowest BCUT2D eigenvalue weighted by Crippen LogP contribution is -2.31. The van der Waals surface area contributed by atoms with Crippen molar-refractivity contribution in [3.63, 3.8) is 0 Å². The Morgan fingerprint density at radius 2 is 2.57 bits per heavy atom. The molecule has 1 atom stereocenters. The van der Waals surface area contributed by atoms with Crippen molar-refractivity contribution >= 4 is 5.91 Å². The molecule has 0 fully saturated rings. The van der Waals surface area contributed by atoms with E-state index in [1.54, 1.807) is 24.0 Å². The molecule has 5 heteroatoms. The zero-order valence-electron chi connectivity index (χ0n) is 7.97. The number of carbonyl (C=O) groups excluding carboxylic acids is 1. The SMILES string of the molecule is C#CC(C)NC(=O)CCn1ccnn1. The van der Waals surface area contributed by atoms with Gasteiger partial charge in [-0.05, 0) is 6.92 Å². The smallest absolute Gasteiger partial charge is 0.222 e. The molecule has 0 aliphatic rings. The van der Waals surface area contributed by atoms with E-state index in [1.807, 2.05) is 0 Å². The zero-order valence-corrected chi connectivity index (χ0v) is 7.97. The van der Waals surface area contributed by atoms with E-state index in [9.17, 15) is 4.79 Å². The summed E-state index contributed by atoms with van der Waals surface area (Å²) in [6.45, 7) is 2.27. The van der Waals surface area contributed by atoms with Gasteiger partial charge in [-0.1, -0.05) is 11.1 Å². The van der Waals surface area contributed by atoms with Crippen LogP contribution in [0.3, 0.4) is 0 Å². The number of hydrogen-bond donors (Lipinski definition) is 1. The molecule has 0 aliphatic carbocycles. The summed E-state index contributed by atoms with van der Waals surface area (Å²) in [5, 5.41) is 10.0. The second-order valence-electron chi connectivity index (χ2n) is 2.87. The van der Waals surface area contributed by atoms with Gasteiger partial charge in [0.15, 0.2) is 0 Å². The topological polar surface area (TPSA) is 59.8 Å². The second kappa shape index (κ2) is 5.02. The van der Waals surface area contributed by atoms with Crippen LogP contribution in [0.4, 0.5) is 0 Å². The molecule has 1 aromatic rings. The first-order valence-electron chi connectivity index (χ1n) is 4.32. The predicted octanol–water partition coefficient (Wildman–Crippen LogP) is -0.194. The lowest BCUT2D eigenvalue weighted by Gasteiger charge is -2.06. The highest BCUT2D eigenvalue weighted by atomic mass is 16.1. The first-order valence-corrected chi connectivity index (χ1v) is 4.32. The summed E-state index contributed by atoms with van der Waals surface area (Å²) in [6, 6.07) is -0.224. The van der Waals surface area contributed by atoms with E-state index in [2.05, 4.69) is 21.5 Å². The molecule has 14 heavy (non-hydrogen) atoms. The monoisotopic (exact) mass is 192 g/mol. The van der Waals surface area contributed by atoms with Crippen LogP contribution in [0.15, 0.2) is 12.4 Å². The van der Waals surface area contributed by atoms with Gasteiger partial charge in [0.05, 0.1) is 18.8 Å². The van der Waals surface area contributed by atoms with Crippen LogP contribution in [0.25, 0.3) is 0 Å². The minimum absolute atomic E-state index is 0.0778. The molecule has 1 rings (SSSR count). The van der Waals surface area contributed by atoms with E-state index in [0.29, 0.717) is 13.0 Å². The van der Waals surface area contributed by atoms with Gasteiger partial charge < -0.3 is 5.32 Å². The van der Waals surface area contributed by atoms with Gasteiger partial charge in [-0.3, -0.25) is 9.48 Å². The van der Waals surface area contributed by atoms with Crippen molar-refractivity contribution in [2.45, 2.75) is 25.9 Å². The molecule has 1 unspecified atom stereocenters. The molecule has 0 bridgehead atoms. The van der Waals surface area contributed by atoms with Crippen LogP contribution in [0.1, 0.15) is 13.3 Å². The molecular formula is C9H12N4O. The van der Waals surface area contributed by atoms with Crippen LogP contribution >= 0.6 is 0 Å². The van der Waals surface area contributed by atoms with E-state index >= 15 is 0 Å². The molecular weight excluding hydrogens is 180 g/mol. The molecule has 0 aliphatic heterocycles. The maximum Gasteiger partial charge on any atom is 0.222 e. The highest BCUT2D eigenvalue weighted by molar-refractivity contribution is 5.76. The van der Waals surface area contributed by atoms with Crippen molar-refractivity contribution < 1.29 is 4.79 Å². The summed E-state index contributed by atoms with van der Waals surface area (Å²) in [5.74, 6) is 2.34. The number of nitrogens with zero attached hydrogens (tertiary/aromatic N) is 3. The van der Waals surface area contributed by atoms with E-state index in [1.165, 1.54) is 0 Å². The average Bonchev–Trinajstić information content (AvgIpc) is 2.67. The number of carbonyl (C=O) groups is 1. The van der Waals surface area contributed by atoms with Gasteiger partial charge in [-0.2, -0.15) is 0 Å². The van der Waals surface area contributed by atoms with E-state index < -0.39 is 0 Å². The Bertz CT molecular complexity index is 325. The summed E-state index contributed by atoms with van der Waals surface area (Å²) in [5.41, 5.74) is 0. The van der Waals surface area contributed by atoms with Gasteiger partial charge in [0.1, 0.15) is 0 Å². The van der Waals surface area contributed by atoms with Crippen LogP contribution in [0.2, 0.25) is 0 Å². The van der Waals surface area contributed by atoms with Gasteiger partial charge in [0.2, 0.25) is 5.91 Å². The summed E-state index contributed by atoms with van der Waals surface area (Å²) < 4.78 is 1.60. The zero-order chi connectivity index (χ0) is 10.4. The van der Waals surface area contributed by atoms with Crippen molar-refractivity contribution in [2.24, 2.45) is 0 Å². The minimum Gasteiger partial charge on any atom is -0.343 e. The van der Waals surface area contributed by atoms with E-state index in [4.69, 9.17) is 6.42 Å². The van der Waals surface area contributed by atoms with E-state index in [-0.39, 0.29) is 11.9 Å². The average molecular weight is 192 g/mol. The molecule has 1 aromatic heterocycles. The highest BCUT2D eigenvalue weighted by Gasteiger charge is 2.04. The summed E-state index contributed by atoms with van der Waals surface area (Å²) in [4.78, 5) is 11.2. The standard InChI is InChI=1S/C9H12N4O/c1-3-8(2)11-9(14)4-6-13-7-5-10-12-13/h1,5,7-8H,4,6H2,2H3,(H,11,14). The molecule has 74 valence electrons. The number of rotatable bonds is 4. The maximum atomic E-state index is 11.2. The summed E-state index contributed by atoms with van der Waals surface area (Å²) in [6.07, 6.45) is 8.75. The lowest BCUT2D eigenvalue weighted by atomic mass is 10.3. The Labute approximate surface area is 82.5 Å². The number of terminal acetylenes is 1. The first kappa shape index (κ1) is 10.3. The normalized spacial score (nSPS) is 11.7. The number of aromatic nitrogens is 3. The molecule has 1 N–H and O–H groups in total. The molecule has 0 saturated heterocycles. The van der Waals surface area contributed by atoms with Crippen LogP contribution in [0.5, 0.6) is 0 Å². The lowest BCUT2D eigenvalue weighted by molar-refractivity contribution is -0.121. The molecule has 0 aromatic carbocycles. The van der Waals surface area contributed by atoms with Gasteiger partial charge in [-0.15, -0.1) is 11.5 Å². The molecule has 0 radical (unpaired) electrons. The Kier molecular flexibility index (Phi) is 3.68. The quantitative estimate of drug-likeness (QED) is 0.672. The molecule has 1 amide bonds. The number of aryl methyl sites for hydroxylation is 1. The third-order valence-electron chi connectivity index (χ3n) is 1.67. The Morgan fingerprint density at radius 3 is 3.14 bits per heavy atom. The van der Waals surface area contributed by atoms with Crippen LogP contribution in [-0.2, 0) is 11.3 Å². The minimum atomic E-state index is -0.224. The second-order valence-corrected chi connectivity index (χ2v) is 2.87. The van der Waals surface area contributed by atoms with Crippen LogP contribution in [-0.4, -0.2) is 26.9 Å². The Morgan fingerprint density at radius 1 is 1.79 bits per heavy atom. The van der Waals surface area contributed by atoms with Gasteiger partial charge >= 0.3 is 0 Å². The fourth-order valence-corrected chi connectivity index (χ4v) is 0.923. The van der Waals surface area contributed by atoms with Gasteiger partial charge in [0.25, 0.3) is 0 Å².